The van der Waals surface area contributed by atoms with Crippen LogP contribution in [0.1, 0.15) is 0 Å². The van der Waals surface area contributed by atoms with Crippen LogP contribution in [0.25, 0.3) is 10.9 Å². The average molecular weight is 185 g/mol. The first-order valence-electron chi connectivity index (χ1n) is 4.17. The van der Waals surface area contributed by atoms with E-state index in [1.807, 2.05) is 24.3 Å². The van der Waals surface area contributed by atoms with E-state index in [-0.39, 0.29) is 0 Å². The number of nitrogens with zero attached hydrogens (tertiary/aromatic N) is 1. The first-order chi connectivity index (χ1) is 6.74. The monoisotopic (exact) mass is 185 g/mol. The molecule has 2 N–H and O–H groups in total. The average Bonchev–Trinajstić information content (AvgIpc) is 2.56. The molecule has 0 aliphatic carbocycles. The van der Waals surface area contributed by atoms with Crippen molar-refractivity contribution in [2.24, 2.45) is 0 Å². The summed E-state index contributed by atoms with van der Waals surface area (Å²) in [6.07, 6.45) is 5.29. The zero-order valence-corrected chi connectivity index (χ0v) is 7.38. The zero-order chi connectivity index (χ0) is 10.1. The van der Waals surface area contributed by atoms with E-state index in [1.165, 1.54) is 4.57 Å². The van der Waals surface area contributed by atoms with E-state index in [9.17, 15) is 0 Å². The number of hydrogen-bond acceptors (Lipinski definition) is 2. The first kappa shape index (κ1) is 8.88. The fourth-order valence-corrected chi connectivity index (χ4v) is 1.51. The van der Waals surface area contributed by atoms with Crippen LogP contribution in [0.5, 0.6) is 0 Å². The van der Waals surface area contributed by atoms with Gasteiger partial charge in [-0.2, -0.15) is 0 Å². The van der Waals surface area contributed by atoms with Crippen molar-refractivity contribution in [3.05, 3.63) is 30.3 Å². The predicted octanol–water partition coefficient (Wildman–Crippen LogP) is -0.240. The Bertz CT molecular complexity index is 510. The summed E-state index contributed by atoms with van der Waals surface area (Å²) < 4.78 is 1.43. The van der Waals surface area contributed by atoms with Gasteiger partial charge in [0, 0.05) is 11.4 Å². The van der Waals surface area contributed by atoms with Crippen LogP contribution >= 0.6 is 0 Å². The highest BCUT2D eigenvalue weighted by Gasteiger charge is 2.18. The van der Waals surface area contributed by atoms with E-state index >= 15 is 0 Å². The van der Waals surface area contributed by atoms with Crippen molar-refractivity contribution in [2.75, 3.05) is 0 Å². The van der Waals surface area contributed by atoms with Gasteiger partial charge in [0.2, 0.25) is 0 Å². The van der Waals surface area contributed by atoms with Gasteiger partial charge in [0.1, 0.15) is 0 Å². The maximum atomic E-state index is 9.08. The molecular formula is C10H8BNO2. The molecule has 2 aromatic rings. The summed E-state index contributed by atoms with van der Waals surface area (Å²) in [7, 11) is -1.54. The molecule has 0 fully saturated rings. The van der Waals surface area contributed by atoms with Gasteiger partial charge in [0.25, 0.3) is 0 Å². The summed E-state index contributed by atoms with van der Waals surface area (Å²) in [6, 6.07) is 11.5. The summed E-state index contributed by atoms with van der Waals surface area (Å²) in [5.74, 6) is 0. The molecule has 1 aromatic heterocycles. The molecule has 68 valence electrons. The third-order valence-electron chi connectivity index (χ3n) is 2.13. The largest absolute Gasteiger partial charge is 0.507 e. The molecule has 3 nitrogen and oxygen atoms in total. The quantitative estimate of drug-likeness (QED) is 0.475. The lowest BCUT2D eigenvalue weighted by atomic mass is 9.86. The third-order valence-corrected chi connectivity index (χ3v) is 2.13. The van der Waals surface area contributed by atoms with Crippen LogP contribution in [-0.2, 0) is 0 Å². The molecule has 0 radical (unpaired) electrons. The van der Waals surface area contributed by atoms with Gasteiger partial charge in [0.15, 0.2) is 0 Å². The van der Waals surface area contributed by atoms with E-state index in [4.69, 9.17) is 16.5 Å². The number of rotatable bonds is 1. The second-order valence-electron chi connectivity index (χ2n) is 2.97. The summed E-state index contributed by atoms with van der Waals surface area (Å²) in [5.41, 5.74) is 1.12. The molecule has 14 heavy (non-hydrogen) atoms. The van der Waals surface area contributed by atoms with E-state index in [0.717, 1.165) is 10.9 Å². The lowest BCUT2D eigenvalue weighted by molar-refractivity contribution is 0.424. The first-order valence-corrected chi connectivity index (χ1v) is 4.17. The molecule has 0 saturated heterocycles. The van der Waals surface area contributed by atoms with Crippen molar-refractivity contribution < 1.29 is 10.0 Å². The van der Waals surface area contributed by atoms with E-state index < -0.39 is 7.12 Å². The van der Waals surface area contributed by atoms with Crippen molar-refractivity contribution in [2.45, 2.75) is 0 Å². The summed E-state index contributed by atoms with van der Waals surface area (Å²) in [6.45, 7) is 0. The normalized spacial score (nSPS) is 10.1. The van der Waals surface area contributed by atoms with Crippen molar-refractivity contribution in [3.63, 3.8) is 0 Å². The molecule has 1 aromatic carbocycles. The SMILES string of the molecule is C#Cn1c(B(O)O)cc2ccccc21. The van der Waals surface area contributed by atoms with Crippen LogP contribution in [0.2, 0.25) is 0 Å². The van der Waals surface area contributed by atoms with E-state index in [2.05, 4.69) is 6.04 Å². The maximum Gasteiger partial charge on any atom is 0.507 e. The highest BCUT2D eigenvalue weighted by Crippen LogP contribution is 2.12. The van der Waals surface area contributed by atoms with Crippen molar-refractivity contribution in [1.29, 1.82) is 0 Å². The zero-order valence-electron chi connectivity index (χ0n) is 7.38. The number of benzene rings is 1. The summed E-state index contributed by atoms with van der Waals surface area (Å²) in [4.78, 5) is 0. The van der Waals surface area contributed by atoms with Gasteiger partial charge in [-0.1, -0.05) is 24.6 Å². The highest BCUT2D eigenvalue weighted by molar-refractivity contribution is 6.58. The number of terminal acetylenes is 1. The molecule has 0 spiro atoms. The topological polar surface area (TPSA) is 45.4 Å². The predicted molar refractivity (Wildman–Crippen MR) is 56.0 cm³/mol. The number of fused-ring (bicyclic) bond motifs is 1. The van der Waals surface area contributed by atoms with Gasteiger partial charge in [-0.3, -0.25) is 4.57 Å². The van der Waals surface area contributed by atoms with Crippen molar-refractivity contribution >= 4 is 23.6 Å². The van der Waals surface area contributed by atoms with Crippen molar-refractivity contribution in [1.82, 2.24) is 4.57 Å². The van der Waals surface area contributed by atoms with Crippen LogP contribution in [0.15, 0.2) is 30.3 Å². The molecule has 0 bridgehead atoms. The Morgan fingerprint density at radius 1 is 1.29 bits per heavy atom. The lowest BCUT2D eigenvalue weighted by Crippen LogP contribution is -2.34. The fraction of sp³-hybridized carbons (Fsp3) is 0. The molecule has 0 aliphatic rings. The minimum absolute atomic E-state index is 0.314. The van der Waals surface area contributed by atoms with Gasteiger partial charge < -0.3 is 10.0 Å². The Labute approximate surface area is 81.7 Å². The van der Waals surface area contributed by atoms with E-state index in [1.54, 1.807) is 6.07 Å². The van der Waals surface area contributed by atoms with Gasteiger partial charge in [-0.25, -0.2) is 0 Å². The second kappa shape index (κ2) is 3.22. The van der Waals surface area contributed by atoms with E-state index in [0.29, 0.717) is 5.59 Å². The smallest absolute Gasteiger partial charge is 0.422 e. The lowest BCUT2D eigenvalue weighted by Gasteiger charge is -2.00. The Balaban J connectivity index is 2.81. The molecule has 2 rings (SSSR count). The standard InChI is InChI=1S/C10H8BNO2/c1-2-12-9-6-4-3-5-8(9)7-10(12)11(13)14/h1,3-7,13-14H. The number of para-hydroxylation sites is 1. The van der Waals surface area contributed by atoms with Crippen LogP contribution in [-0.4, -0.2) is 21.7 Å². The van der Waals surface area contributed by atoms with Gasteiger partial charge in [0.05, 0.1) is 11.1 Å². The minimum atomic E-state index is -1.54. The van der Waals surface area contributed by atoms with Crippen LogP contribution < -0.4 is 5.59 Å². The molecule has 0 unspecified atom stereocenters. The molecule has 1 heterocycles. The molecule has 0 aliphatic heterocycles. The Kier molecular flexibility index (Phi) is 2.04. The van der Waals surface area contributed by atoms with Crippen LogP contribution in [0.4, 0.5) is 0 Å². The molecule has 0 atom stereocenters. The van der Waals surface area contributed by atoms with Crippen LogP contribution in [0, 0.1) is 12.5 Å². The molecule has 0 saturated carbocycles. The summed E-state index contributed by atoms with van der Waals surface area (Å²) >= 11 is 0. The van der Waals surface area contributed by atoms with Crippen molar-refractivity contribution in [3.8, 4) is 12.5 Å². The Morgan fingerprint density at radius 3 is 2.64 bits per heavy atom. The minimum Gasteiger partial charge on any atom is -0.422 e. The van der Waals surface area contributed by atoms with Crippen LogP contribution in [0.3, 0.4) is 0 Å². The van der Waals surface area contributed by atoms with Gasteiger partial charge >= 0.3 is 7.12 Å². The number of aromatic nitrogens is 1. The molecule has 4 heteroatoms. The second-order valence-corrected chi connectivity index (χ2v) is 2.97. The Hall–Kier alpha value is -1.70. The molecular weight excluding hydrogens is 177 g/mol. The fourth-order valence-electron chi connectivity index (χ4n) is 1.51. The molecule has 0 amide bonds. The maximum absolute atomic E-state index is 9.08. The summed E-state index contributed by atoms with van der Waals surface area (Å²) in [5, 5.41) is 19.0. The van der Waals surface area contributed by atoms with Gasteiger partial charge in [-0.15, -0.1) is 0 Å². The van der Waals surface area contributed by atoms with Gasteiger partial charge in [-0.05, 0) is 12.1 Å². The number of hydrogen-bond donors (Lipinski definition) is 2. The Morgan fingerprint density at radius 2 is 2.00 bits per heavy atom. The third kappa shape index (κ3) is 1.20. The highest BCUT2D eigenvalue weighted by atomic mass is 16.4.